The summed E-state index contributed by atoms with van der Waals surface area (Å²) in [7, 11) is 0. The van der Waals surface area contributed by atoms with Crippen molar-refractivity contribution in [1.82, 2.24) is 0 Å². The maximum absolute atomic E-state index is 12.7. The molecular weight excluding hydrogens is 286 g/mol. The molecule has 0 aromatic heterocycles. The van der Waals surface area contributed by atoms with Gasteiger partial charge in [-0.15, -0.1) is 19.0 Å². The molecule has 0 radical (unpaired) electrons. The molecule has 108 valence electrons. The van der Waals surface area contributed by atoms with Crippen molar-refractivity contribution in [1.29, 1.82) is 0 Å². The van der Waals surface area contributed by atoms with E-state index in [4.69, 9.17) is 5.73 Å². The van der Waals surface area contributed by atoms with Crippen LogP contribution in [0, 0.1) is 0 Å². The van der Waals surface area contributed by atoms with Gasteiger partial charge in [0, 0.05) is 6.04 Å². The Bertz CT molecular complexity index is 414. The zero-order valence-electron chi connectivity index (χ0n) is 9.86. The number of hydrogen-bond donors (Lipinski definition) is 1. The highest BCUT2D eigenvalue weighted by Crippen LogP contribution is 2.29. The quantitative estimate of drug-likeness (QED) is 0.638. The highest BCUT2D eigenvalue weighted by molar-refractivity contribution is 5.85. The van der Waals surface area contributed by atoms with Crippen LogP contribution in [0.1, 0.15) is 18.0 Å². The average molecular weight is 300 g/mol. The lowest BCUT2D eigenvalue weighted by Gasteiger charge is -2.18. The van der Waals surface area contributed by atoms with E-state index in [2.05, 4.69) is 11.3 Å². The predicted octanol–water partition coefficient (Wildman–Crippen LogP) is 3.92. The molecule has 0 aliphatic rings. The molecule has 1 atom stereocenters. The predicted molar refractivity (Wildman–Crippen MR) is 67.0 cm³/mol. The SMILES string of the molecule is C=CC[C@@H](N)c1cccc(OC(F)(F)C(F)F)c1.Cl. The molecule has 0 aliphatic heterocycles. The largest absolute Gasteiger partial charge is 0.461 e. The van der Waals surface area contributed by atoms with E-state index in [1.54, 1.807) is 12.1 Å². The van der Waals surface area contributed by atoms with Crippen molar-refractivity contribution in [3.8, 4) is 5.75 Å². The number of hydrogen-bond acceptors (Lipinski definition) is 2. The van der Waals surface area contributed by atoms with Crippen molar-refractivity contribution in [2.45, 2.75) is 25.0 Å². The fraction of sp³-hybridized carbons (Fsp3) is 0.333. The molecule has 0 aliphatic carbocycles. The van der Waals surface area contributed by atoms with Gasteiger partial charge in [-0.3, -0.25) is 0 Å². The van der Waals surface area contributed by atoms with Gasteiger partial charge in [0.15, 0.2) is 0 Å². The molecular formula is C12H14ClF4NO. The van der Waals surface area contributed by atoms with E-state index in [-0.39, 0.29) is 18.2 Å². The molecule has 2 N–H and O–H groups in total. The third kappa shape index (κ3) is 5.08. The third-order valence-electron chi connectivity index (χ3n) is 2.21. The van der Waals surface area contributed by atoms with Gasteiger partial charge in [-0.1, -0.05) is 18.2 Å². The minimum Gasteiger partial charge on any atom is -0.428 e. The van der Waals surface area contributed by atoms with Crippen LogP contribution in [0.25, 0.3) is 0 Å². The summed E-state index contributed by atoms with van der Waals surface area (Å²) >= 11 is 0. The van der Waals surface area contributed by atoms with Gasteiger partial charge in [-0.2, -0.15) is 17.6 Å². The van der Waals surface area contributed by atoms with Crippen LogP contribution in [-0.2, 0) is 0 Å². The smallest absolute Gasteiger partial charge is 0.428 e. The molecule has 7 heteroatoms. The number of rotatable bonds is 6. The number of ether oxygens (including phenoxy) is 1. The molecule has 1 aromatic rings. The molecule has 0 fully saturated rings. The summed E-state index contributed by atoms with van der Waals surface area (Å²) in [6.45, 7) is 3.50. The van der Waals surface area contributed by atoms with E-state index < -0.39 is 18.6 Å². The monoisotopic (exact) mass is 299 g/mol. The van der Waals surface area contributed by atoms with E-state index in [0.29, 0.717) is 12.0 Å². The lowest BCUT2D eigenvalue weighted by molar-refractivity contribution is -0.253. The summed E-state index contributed by atoms with van der Waals surface area (Å²) in [5.41, 5.74) is 6.25. The molecule has 0 heterocycles. The Balaban J connectivity index is 0.00000324. The molecule has 1 aromatic carbocycles. The minimum absolute atomic E-state index is 0. The van der Waals surface area contributed by atoms with E-state index in [1.165, 1.54) is 18.2 Å². The van der Waals surface area contributed by atoms with E-state index in [0.717, 1.165) is 0 Å². The first-order chi connectivity index (χ1) is 8.36. The van der Waals surface area contributed by atoms with E-state index in [9.17, 15) is 17.6 Å². The first-order valence-corrected chi connectivity index (χ1v) is 5.18. The van der Waals surface area contributed by atoms with Crippen LogP contribution in [-0.4, -0.2) is 12.5 Å². The fourth-order valence-corrected chi connectivity index (χ4v) is 1.33. The minimum atomic E-state index is -4.51. The van der Waals surface area contributed by atoms with Gasteiger partial charge in [0.1, 0.15) is 5.75 Å². The molecule has 0 saturated carbocycles. The number of benzene rings is 1. The first-order valence-electron chi connectivity index (χ1n) is 5.18. The highest BCUT2D eigenvalue weighted by Gasteiger charge is 2.43. The maximum atomic E-state index is 12.7. The average Bonchev–Trinajstić information content (AvgIpc) is 2.29. The Morgan fingerprint density at radius 1 is 1.37 bits per heavy atom. The zero-order valence-corrected chi connectivity index (χ0v) is 10.7. The number of alkyl halides is 4. The van der Waals surface area contributed by atoms with Gasteiger partial charge in [0.25, 0.3) is 0 Å². The standard InChI is InChI=1S/C12H13F4NO.ClH/c1-2-4-10(17)8-5-3-6-9(7-8)18-12(15,16)11(13)14;/h2-3,5-7,10-11H,1,4,17H2;1H/t10-;/m1./s1. The van der Waals surface area contributed by atoms with Crippen LogP contribution in [0.2, 0.25) is 0 Å². The fourth-order valence-electron chi connectivity index (χ4n) is 1.33. The van der Waals surface area contributed by atoms with Crippen molar-refractivity contribution < 1.29 is 22.3 Å². The highest BCUT2D eigenvalue weighted by atomic mass is 35.5. The van der Waals surface area contributed by atoms with Crippen molar-refractivity contribution in [3.63, 3.8) is 0 Å². The van der Waals surface area contributed by atoms with Crippen molar-refractivity contribution >= 4 is 12.4 Å². The second kappa shape index (κ2) is 7.35. The summed E-state index contributed by atoms with van der Waals surface area (Å²) in [4.78, 5) is 0. The molecule has 0 spiro atoms. The third-order valence-corrected chi connectivity index (χ3v) is 2.21. The topological polar surface area (TPSA) is 35.2 Å². The van der Waals surface area contributed by atoms with Crippen LogP contribution >= 0.6 is 12.4 Å². The second-order valence-electron chi connectivity index (χ2n) is 3.67. The van der Waals surface area contributed by atoms with E-state index in [1.807, 2.05) is 0 Å². The lowest BCUT2D eigenvalue weighted by Crippen LogP contribution is -2.33. The van der Waals surface area contributed by atoms with Gasteiger partial charge in [-0.25, -0.2) is 0 Å². The summed E-state index contributed by atoms with van der Waals surface area (Å²) in [6, 6.07) is 4.95. The zero-order chi connectivity index (χ0) is 13.8. The second-order valence-corrected chi connectivity index (χ2v) is 3.67. The van der Waals surface area contributed by atoms with Gasteiger partial charge in [0.2, 0.25) is 0 Å². The Kier molecular flexibility index (Phi) is 6.86. The Morgan fingerprint density at radius 2 is 2.00 bits per heavy atom. The van der Waals surface area contributed by atoms with Crippen molar-refractivity contribution in [2.24, 2.45) is 5.73 Å². The summed E-state index contributed by atoms with van der Waals surface area (Å²) < 4.78 is 53.3. The molecule has 0 unspecified atom stereocenters. The number of nitrogens with two attached hydrogens (primary N) is 1. The Hall–Kier alpha value is -1.27. The normalized spacial score (nSPS) is 12.7. The van der Waals surface area contributed by atoms with Crippen LogP contribution in [0.4, 0.5) is 17.6 Å². The summed E-state index contributed by atoms with van der Waals surface area (Å²) in [5.74, 6) is -0.350. The van der Waals surface area contributed by atoms with Gasteiger partial charge >= 0.3 is 12.5 Å². The van der Waals surface area contributed by atoms with E-state index >= 15 is 0 Å². The van der Waals surface area contributed by atoms with Crippen LogP contribution in [0.3, 0.4) is 0 Å². The summed E-state index contributed by atoms with van der Waals surface area (Å²) in [5, 5.41) is 0. The van der Waals surface area contributed by atoms with Crippen LogP contribution in [0.15, 0.2) is 36.9 Å². The van der Waals surface area contributed by atoms with Crippen molar-refractivity contribution in [2.75, 3.05) is 0 Å². The molecule has 2 nitrogen and oxygen atoms in total. The Labute approximate surface area is 114 Å². The van der Waals surface area contributed by atoms with Gasteiger partial charge in [-0.05, 0) is 24.1 Å². The molecule has 0 saturated heterocycles. The number of halogens is 5. The van der Waals surface area contributed by atoms with Gasteiger partial charge < -0.3 is 10.5 Å². The van der Waals surface area contributed by atoms with Crippen molar-refractivity contribution in [3.05, 3.63) is 42.5 Å². The molecule has 0 amide bonds. The maximum Gasteiger partial charge on any atom is 0.461 e. The van der Waals surface area contributed by atoms with Crippen LogP contribution in [0.5, 0.6) is 5.75 Å². The van der Waals surface area contributed by atoms with Gasteiger partial charge in [0.05, 0.1) is 0 Å². The molecule has 0 bridgehead atoms. The molecule has 1 rings (SSSR count). The first kappa shape index (κ1) is 17.7. The summed E-state index contributed by atoms with van der Waals surface area (Å²) in [6.07, 6.45) is -6.38. The Morgan fingerprint density at radius 3 is 2.53 bits per heavy atom. The lowest BCUT2D eigenvalue weighted by atomic mass is 10.0. The van der Waals surface area contributed by atoms with Crippen LogP contribution < -0.4 is 10.5 Å². The molecule has 19 heavy (non-hydrogen) atoms.